The predicted molar refractivity (Wildman–Crippen MR) is 125 cm³/mol. The van der Waals surface area contributed by atoms with Crippen LogP contribution in [0, 0.1) is 5.41 Å². The Morgan fingerprint density at radius 3 is 2.61 bits per heavy atom. The number of imidazole rings is 1. The minimum absolute atomic E-state index is 0.103. The normalized spacial score (nSPS) is 15.0. The Morgan fingerprint density at radius 2 is 1.94 bits per heavy atom. The van der Waals surface area contributed by atoms with Crippen LogP contribution in [0.25, 0.3) is 16.9 Å². The lowest BCUT2D eigenvalue weighted by Gasteiger charge is -2.47. The molecular weight excluding hydrogens is 388 g/mol. The Kier molecular flexibility index (Phi) is 4.37. The first-order valence-corrected chi connectivity index (χ1v) is 10.1. The SMILES string of the molecule is CC1(N)CN(c2ccc(Nc3nc(-c4ccc(C=N)c(N)c4)cn4ccnc34)cc2)C1. The third-order valence-electron chi connectivity index (χ3n) is 5.51. The van der Waals surface area contributed by atoms with Crippen molar-refractivity contribution in [3.63, 3.8) is 0 Å². The third-order valence-corrected chi connectivity index (χ3v) is 5.51. The lowest BCUT2D eigenvalue weighted by atomic mass is 9.93. The van der Waals surface area contributed by atoms with E-state index < -0.39 is 0 Å². The second-order valence-corrected chi connectivity index (χ2v) is 8.30. The number of fused-ring (bicyclic) bond motifs is 1. The van der Waals surface area contributed by atoms with E-state index in [0.717, 1.165) is 41.4 Å². The van der Waals surface area contributed by atoms with Gasteiger partial charge in [-0.3, -0.25) is 0 Å². The van der Waals surface area contributed by atoms with E-state index in [-0.39, 0.29) is 5.54 Å². The summed E-state index contributed by atoms with van der Waals surface area (Å²) in [4.78, 5) is 11.5. The van der Waals surface area contributed by atoms with Crippen LogP contribution in [0.3, 0.4) is 0 Å². The van der Waals surface area contributed by atoms with Crippen molar-refractivity contribution in [2.45, 2.75) is 12.5 Å². The molecule has 5 rings (SSSR count). The minimum Gasteiger partial charge on any atom is -0.398 e. The van der Waals surface area contributed by atoms with Gasteiger partial charge in [0.1, 0.15) is 0 Å². The number of nitrogen functional groups attached to an aromatic ring is 1. The van der Waals surface area contributed by atoms with Crippen LogP contribution in [-0.4, -0.2) is 39.2 Å². The molecule has 0 amide bonds. The second-order valence-electron chi connectivity index (χ2n) is 8.30. The maximum atomic E-state index is 7.43. The number of nitrogens with one attached hydrogen (secondary N) is 2. The van der Waals surface area contributed by atoms with Crippen LogP contribution >= 0.6 is 0 Å². The number of nitrogens with two attached hydrogens (primary N) is 2. The molecule has 0 saturated carbocycles. The van der Waals surface area contributed by atoms with Gasteiger partial charge in [-0.15, -0.1) is 0 Å². The van der Waals surface area contributed by atoms with Crippen molar-refractivity contribution in [3.8, 4) is 11.3 Å². The van der Waals surface area contributed by atoms with Gasteiger partial charge in [0.05, 0.1) is 5.69 Å². The van der Waals surface area contributed by atoms with Gasteiger partial charge >= 0.3 is 0 Å². The van der Waals surface area contributed by atoms with Gasteiger partial charge in [0, 0.05) is 71.6 Å². The second kappa shape index (κ2) is 7.10. The fourth-order valence-electron chi connectivity index (χ4n) is 3.92. The Hall–Kier alpha value is -3.91. The van der Waals surface area contributed by atoms with Crippen molar-refractivity contribution in [2.75, 3.05) is 29.0 Å². The zero-order valence-corrected chi connectivity index (χ0v) is 17.2. The highest BCUT2D eigenvalue weighted by Crippen LogP contribution is 2.29. The van der Waals surface area contributed by atoms with E-state index in [9.17, 15) is 0 Å². The molecule has 0 spiro atoms. The smallest absolute Gasteiger partial charge is 0.180 e. The number of aromatic nitrogens is 3. The summed E-state index contributed by atoms with van der Waals surface area (Å²) in [6.07, 6.45) is 6.80. The molecule has 2 aromatic heterocycles. The zero-order chi connectivity index (χ0) is 21.6. The molecule has 0 bridgehead atoms. The molecule has 1 saturated heterocycles. The number of hydrogen-bond donors (Lipinski definition) is 4. The summed E-state index contributed by atoms with van der Waals surface area (Å²) < 4.78 is 1.93. The Labute approximate surface area is 180 Å². The van der Waals surface area contributed by atoms with E-state index in [1.54, 1.807) is 6.20 Å². The first-order valence-electron chi connectivity index (χ1n) is 10.1. The quantitative estimate of drug-likeness (QED) is 0.295. The highest BCUT2D eigenvalue weighted by molar-refractivity contribution is 5.87. The summed E-state index contributed by atoms with van der Waals surface area (Å²) in [5.41, 5.74) is 17.8. The van der Waals surface area contributed by atoms with Crippen molar-refractivity contribution < 1.29 is 0 Å². The van der Waals surface area contributed by atoms with Gasteiger partial charge in [0.2, 0.25) is 0 Å². The van der Waals surface area contributed by atoms with Gasteiger partial charge < -0.3 is 31.5 Å². The van der Waals surface area contributed by atoms with Gasteiger partial charge in [0.15, 0.2) is 11.5 Å². The molecule has 156 valence electrons. The summed E-state index contributed by atoms with van der Waals surface area (Å²) in [7, 11) is 0. The fraction of sp³-hybridized carbons (Fsp3) is 0.174. The first kappa shape index (κ1) is 19.1. The molecular formula is C23H24N8. The highest BCUT2D eigenvalue weighted by atomic mass is 15.2. The predicted octanol–water partition coefficient (Wildman–Crippen LogP) is 3.26. The van der Waals surface area contributed by atoms with E-state index in [1.807, 2.05) is 47.1 Å². The minimum atomic E-state index is -0.103. The molecule has 1 aliphatic heterocycles. The van der Waals surface area contributed by atoms with Crippen LogP contribution in [0.15, 0.2) is 61.1 Å². The zero-order valence-electron chi connectivity index (χ0n) is 17.2. The van der Waals surface area contributed by atoms with E-state index in [0.29, 0.717) is 17.1 Å². The van der Waals surface area contributed by atoms with Crippen LogP contribution in [0.4, 0.5) is 22.9 Å². The molecule has 1 aliphatic rings. The summed E-state index contributed by atoms with van der Waals surface area (Å²) in [6.45, 7) is 3.79. The van der Waals surface area contributed by atoms with Gasteiger partial charge in [-0.1, -0.05) is 12.1 Å². The van der Waals surface area contributed by atoms with E-state index >= 15 is 0 Å². The molecule has 0 atom stereocenters. The lowest BCUT2D eigenvalue weighted by Crippen LogP contribution is -2.65. The molecule has 1 fully saturated rings. The highest BCUT2D eigenvalue weighted by Gasteiger charge is 2.34. The molecule has 4 aromatic rings. The van der Waals surface area contributed by atoms with Crippen molar-refractivity contribution >= 4 is 34.7 Å². The number of nitrogens with zero attached hydrogens (tertiary/aromatic N) is 4. The molecule has 6 N–H and O–H groups in total. The summed E-state index contributed by atoms with van der Waals surface area (Å²) >= 11 is 0. The monoisotopic (exact) mass is 412 g/mol. The van der Waals surface area contributed by atoms with E-state index in [1.165, 1.54) is 6.21 Å². The van der Waals surface area contributed by atoms with Gasteiger partial charge in [-0.2, -0.15) is 0 Å². The molecule has 0 radical (unpaired) electrons. The van der Waals surface area contributed by atoms with E-state index in [4.69, 9.17) is 21.9 Å². The molecule has 8 heteroatoms. The van der Waals surface area contributed by atoms with Crippen LogP contribution < -0.4 is 21.7 Å². The third kappa shape index (κ3) is 3.57. The molecule has 3 heterocycles. The van der Waals surface area contributed by atoms with Crippen LogP contribution in [0.5, 0.6) is 0 Å². The van der Waals surface area contributed by atoms with Gasteiger partial charge in [-0.25, -0.2) is 9.97 Å². The maximum absolute atomic E-state index is 7.43. The molecule has 0 aliphatic carbocycles. The summed E-state index contributed by atoms with van der Waals surface area (Å²) in [5.74, 6) is 0.656. The van der Waals surface area contributed by atoms with Crippen molar-refractivity contribution in [3.05, 3.63) is 66.6 Å². The van der Waals surface area contributed by atoms with Crippen LogP contribution in [0.2, 0.25) is 0 Å². The first-order chi connectivity index (χ1) is 14.9. The topological polar surface area (TPSA) is 121 Å². The Morgan fingerprint density at radius 1 is 1.16 bits per heavy atom. The molecule has 0 unspecified atom stereocenters. The van der Waals surface area contributed by atoms with Crippen molar-refractivity contribution in [1.82, 2.24) is 14.4 Å². The molecule has 8 nitrogen and oxygen atoms in total. The lowest BCUT2D eigenvalue weighted by molar-refractivity contribution is 0.365. The van der Waals surface area contributed by atoms with Crippen LogP contribution in [-0.2, 0) is 0 Å². The average Bonchev–Trinajstić information content (AvgIpc) is 3.21. The fourth-order valence-corrected chi connectivity index (χ4v) is 3.92. The average molecular weight is 413 g/mol. The Bertz CT molecular complexity index is 1260. The number of hydrogen-bond acceptors (Lipinski definition) is 7. The standard InChI is InChI=1S/C23H24N8/c1-23(26)13-31(14-23)18-6-4-17(5-7-18)28-21-22-27-8-9-30(22)12-20(29-21)15-2-3-16(11-24)19(25)10-15/h2-12,24H,13-14,25-26H2,1H3,(H,28,29). The van der Waals surface area contributed by atoms with Gasteiger partial charge in [-0.05, 0) is 37.3 Å². The van der Waals surface area contributed by atoms with E-state index in [2.05, 4.69) is 34.3 Å². The summed E-state index contributed by atoms with van der Waals surface area (Å²) in [6, 6.07) is 13.8. The maximum Gasteiger partial charge on any atom is 0.180 e. The molecule has 31 heavy (non-hydrogen) atoms. The van der Waals surface area contributed by atoms with Crippen LogP contribution in [0.1, 0.15) is 12.5 Å². The largest absolute Gasteiger partial charge is 0.398 e. The van der Waals surface area contributed by atoms with Crippen molar-refractivity contribution in [2.24, 2.45) is 5.73 Å². The Balaban J connectivity index is 1.45. The number of anilines is 4. The molecule has 2 aromatic carbocycles. The van der Waals surface area contributed by atoms with Gasteiger partial charge in [0.25, 0.3) is 0 Å². The number of benzene rings is 2. The summed E-state index contributed by atoms with van der Waals surface area (Å²) in [5, 5.41) is 10.8. The number of rotatable bonds is 5. The van der Waals surface area contributed by atoms with Crippen molar-refractivity contribution in [1.29, 1.82) is 5.41 Å².